The molecule has 3 rings (SSSR count). The number of carbonyl (C=O) groups excluding carboxylic acids is 1. The molecular weight excluding hydrogens is 282 g/mol. The number of benzene rings is 1. The van der Waals surface area contributed by atoms with Crippen molar-refractivity contribution in [2.24, 2.45) is 0 Å². The molecule has 5 heteroatoms. The predicted molar refractivity (Wildman–Crippen MR) is 86.4 cm³/mol. The smallest absolute Gasteiger partial charge is 0.257 e. The van der Waals surface area contributed by atoms with E-state index in [1.807, 2.05) is 49.4 Å². The normalized spacial score (nSPS) is 18.3. The first kappa shape index (κ1) is 13.7. The third-order valence-corrected chi connectivity index (χ3v) is 4.48. The van der Waals surface area contributed by atoms with E-state index >= 15 is 0 Å². The number of hydrogen-bond donors (Lipinski definition) is 2. The summed E-state index contributed by atoms with van der Waals surface area (Å²) in [5.41, 5.74) is 2.87. The second kappa shape index (κ2) is 6.01. The van der Waals surface area contributed by atoms with Gasteiger partial charge >= 0.3 is 0 Å². The fourth-order valence-corrected chi connectivity index (χ4v) is 3.23. The van der Waals surface area contributed by atoms with Crippen molar-refractivity contribution in [3.05, 3.63) is 66.1 Å². The Labute approximate surface area is 127 Å². The number of carbonyl (C=O) groups is 1. The molecule has 1 atom stereocenters. The molecule has 1 aliphatic rings. The summed E-state index contributed by atoms with van der Waals surface area (Å²) < 4.78 is 0. The van der Waals surface area contributed by atoms with E-state index < -0.39 is 0 Å². The number of hydrogen-bond acceptors (Lipinski definition) is 4. The van der Waals surface area contributed by atoms with Crippen LogP contribution < -0.4 is 10.6 Å². The maximum atomic E-state index is 12.1. The van der Waals surface area contributed by atoms with Crippen LogP contribution in [0.25, 0.3) is 4.91 Å². The van der Waals surface area contributed by atoms with Crippen molar-refractivity contribution in [3.8, 4) is 0 Å². The SMILES string of the molecule is CC1=C(c2ccncc2)SC(Nc2ccccc2)C(=O)N1. The Kier molecular flexibility index (Phi) is 3.92. The number of para-hydroxylation sites is 1. The molecule has 1 aromatic carbocycles. The Bertz CT molecular complexity index is 670. The second-order valence-corrected chi connectivity index (χ2v) is 5.80. The van der Waals surface area contributed by atoms with E-state index in [1.54, 1.807) is 12.4 Å². The zero-order chi connectivity index (χ0) is 14.7. The highest BCUT2D eigenvalue weighted by Gasteiger charge is 2.27. The van der Waals surface area contributed by atoms with Crippen LogP contribution in [-0.2, 0) is 4.79 Å². The lowest BCUT2D eigenvalue weighted by Gasteiger charge is -2.26. The summed E-state index contributed by atoms with van der Waals surface area (Å²) in [7, 11) is 0. The first-order valence-corrected chi connectivity index (χ1v) is 7.52. The van der Waals surface area contributed by atoms with Gasteiger partial charge in [0.25, 0.3) is 5.91 Å². The molecule has 1 unspecified atom stereocenters. The molecule has 1 amide bonds. The van der Waals surface area contributed by atoms with Gasteiger partial charge in [0.2, 0.25) is 0 Å². The lowest BCUT2D eigenvalue weighted by molar-refractivity contribution is -0.119. The van der Waals surface area contributed by atoms with Gasteiger partial charge in [-0.1, -0.05) is 30.0 Å². The van der Waals surface area contributed by atoms with Crippen molar-refractivity contribution >= 4 is 28.3 Å². The molecule has 0 saturated heterocycles. The Balaban J connectivity index is 1.84. The molecule has 21 heavy (non-hydrogen) atoms. The van der Waals surface area contributed by atoms with Crippen molar-refractivity contribution in [1.82, 2.24) is 10.3 Å². The molecule has 0 spiro atoms. The molecule has 0 fully saturated rings. The number of amides is 1. The molecule has 1 aliphatic heterocycles. The van der Waals surface area contributed by atoms with Crippen molar-refractivity contribution in [2.45, 2.75) is 12.3 Å². The third kappa shape index (κ3) is 3.08. The predicted octanol–water partition coefficient (Wildman–Crippen LogP) is 3.07. The van der Waals surface area contributed by atoms with Crippen LogP contribution in [0.5, 0.6) is 0 Å². The fraction of sp³-hybridized carbons (Fsp3) is 0.125. The lowest BCUT2D eigenvalue weighted by Crippen LogP contribution is -2.39. The molecule has 2 aromatic rings. The number of thioether (sulfide) groups is 1. The minimum absolute atomic E-state index is 0.0286. The van der Waals surface area contributed by atoms with Crippen molar-refractivity contribution in [2.75, 3.05) is 5.32 Å². The summed E-state index contributed by atoms with van der Waals surface area (Å²) in [6, 6.07) is 13.6. The number of aromatic nitrogens is 1. The maximum Gasteiger partial charge on any atom is 0.257 e. The number of pyridine rings is 1. The van der Waals surface area contributed by atoms with Crippen LogP contribution >= 0.6 is 11.8 Å². The summed E-state index contributed by atoms with van der Waals surface area (Å²) in [5.74, 6) is -0.0286. The number of allylic oxidation sites excluding steroid dienone is 1. The van der Waals surface area contributed by atoms with E-state index in [9.17, 15) is 4.79 Å². The van der Waals surface area contributed by atoms with E-state index in [0.717, 1.165) is 21.9 Å². The molecular formula is C16H15N3OS. The first-order valence-electron chi connectivity index (χ1n) is 6.64. The average molecular weight is 297 g/mol. The largest absolute Gasteiger partial charge is 0.365 e. The summed E-state index contributed by atoms with van der Waals surface area (Å²) in [6.07, 6.45) is 3.51. The Morgan fingerprint density at radius 3 is 2.57 bits per heavy atom. The number of anilines is 1. The van der Waals surface area contributed by atoms with Gasteiger partial charge in [-0.2, -0.15) is 0 Å². The minimum atomic E-state index is -0.348. The zero-order valence-corrected chi connectivity index (χ0v) is 12.4. The molecule has 1 aromatic heterocycles. The molecule has 2 heterocycles. The highest BCUT2D eigenvalue weighted by Crippen LogP contribution is 2.36. The Morgan fingerprint density at radius 1 is 1.14 bits per heavy atom. The summed E-state index contributed by atoms with van der Waals surface area (Å²) >= 11 is 1.52. The van der Waals surface area contributed by atoms with E-state index in [4.69, 9.17) is 0 Å². The van der Waals surface area contributed by atoms with Gasteiger partial charge in [-0.25, -0.2) is 0 Å². The molecule has 0 aliphatic carbocycles. The fourth-order valence-electron chi connectivity index (χ4n) is 2.14. The van der Waals surface area contributed by atoms with Crippen LogP contribution in [0.4, 0.5) is 5.69 Å². The van der Waals surface area contributed by atoms with Gasteiger partial charge in [-0.05, 0) is 36.8 Å². The number of nitrogens with zero attached hydrogens (tertiary/aromatic N) is 1. The number of nitrogens with one attached hydrogen (secondary N) is 2. The molecule has 2 N–H and O–H groups in total. The highest BCUT2D eigenvalue weighted by atomic mass is 32.2. The van der Waals surface area contributed by atoms with Crippen LogP contribution in [0, 0.1) is 0 Å². The van der Waals surface area contributed by atoms with Gasteiger partial charge in [0.15, 0.2) is 5.37 Å². The van der Waals surface area contributed by atoms with Gasteiger partial charge < -0.3 is 10.6 Å². The van der Waals surface area contributed by atoms with Crippen molar-refractivity contribution < 1.29 is 4.79 Å². The first-order chi connectivity index (χ1) is 10.2. The van der Waals surface area contributed by atoms with Crippen LogP contribution in [-0.4, -0.2) is 16.3 Å². The monoisotopic (exact) mass is 297 g/mol. The molecule has 0 bridgehead atoms. The standard InChI is InChI=1S/C16H15N3OS/c1-11-14(12-7-9-17-10-8-12)21-16(15(20)18-11)19-13-5-3-2-4-6-13/h2-10,16,19H,1H3,(H,18,20). The zero-order valence-electron chi connectivity index (χ0n) is 11.5. The Hall–Kier alpha value is -2.27. The van der Waals surface area contributed by atoms with E-state index in [0.29, 0.717) is 0 Å². The van der Waals surface area contributed by atoms with Gasteiger partial charge in [0, 0.05) is 28.7 Å². The molecule has 106 valence electrons. The van der Waals surface area contributed by atoms with Crippen molar-refractivity contribution in [3.63, 3.8) is 0 Å². The van der Waals surface area contributed by atoms with Crippen LogP contribution in [0.3, 0.4) is 0 Å². The quantitative estimate of drug-likeness (QED) is 0.914. The topological polar surface area (TPSA) is 54.0 Å². The minimum Gasteiger partial charge on any atom is -0.365 e. The summed E-state index contributed by atoms with van der Waals surface area (Å²) in [4.78, 5) is 17.2. The van der Waals surface area contributed by atoms with Crippen LogP contribution in [0.15, 0.2) is 60.6 Å². The summed E-state index contributed by atoms with van der Waals surface area (Å²) in [6.45, 7) is 1.92. The molecule has 0 saturated carbocycles. The van der Waals surface area contributed by atoms with Crippen LogP contribution in [0.1, 0.15) is 12.5 Å². The number of rotatable bonds is 3. The van der Waals surface area contributed by atoms with Crippen molar-refractivity contribution in [1.29, 1.82) is 0 Å². The van der Waals surface area contributed by atoms with Crippen LogP contribution in [0.2, 0.25) is 0 Å². The molecule has 4 nitrogen and oxygen atoms in total. The van der Waals surface area contributed by atoms with Gasteiger partial charge in [0.05, 0.1) is 0 Å². The lowest BCUT2D eigenvalue weighted by atomic mass is 10.2. The Morgan fingerprint density at radius 2 is 1.86 bits per heavy atom. The highest BCUT2D eigenvalue weighted by molar-refractivity contribution is 8.09. The molecule has 0 radical (unpaired) electrons. The van der Waals surface area contributed by atoms with E-state index in [2.05, 4.69) is 15.6 Å². The maximum absolute atomic E-state index is 12.1. The average Bonchev–Trinajstić information content (AvgIpc) is 2.52. The third-order valence-electron chi connectivity index (χ3n) is 3.14. The van der Waals surface area contributed by atoms with Gasteiger partial charge in [0.1, 0.15) is 0 Å². The second-order valence-electron chi connectivity index (χ2n) is 4.69. The van der Waals surface area contributed by atoms with E-state index in [1.165, 1.54) is 11.8 Å². The van der Waals surface area contributed by atoms with E-state index in [-0.39, 0.29) is 11.3 Å². The van der Waals surface area contributed by atoms with Gasteiger partial charge in [-0.15, -0.1) is 0 Å². The summed E-state index contributed by atoms with van der Waals surface area (Å²) in [5, 5.41) is 5.84. The van der Waals surface area contributed by atoms with Gasteiger partial charge in [-0.3, -0.25) is 9.78 Å².